The summed E-state index contributed by atoms with van der Waals surface area (Å²) in [5, 5.41) is 2.70. The van der Waals surface area contributed by atoms with Crippen LogP contribution in [0, 0.1) is 0 Å². The zero-order valence-corrected chi connectivity index (χ0v) is 23.5. The molecule has 202 valence electrons. The van der Waals surface area contributed by atoms with Gasteiger partial charge in [0, 0.05) is 29.5 Å². The molecule has 0 saturated carbocycles. The fourth-order valence-electron chi connectivity index (χ4n) is 5.82. The van der Waals surface area contributed by atoms with Crippen molar-refractivity contribution in [1.82, 2.24) is 19.5 Å². The minimum Gasteiger partial charge on any atom is -0.454 e. The maximum atomic E-state index is 12.8. The molecule has 0 aliphatic rings. The Labute approximate surface area is 237 Å². The summed E-state index contributed by atoms with van der Waals surface area (Å²) >= 11 is 0. The molecule has 4 aromatic heterocycles. The van der Waals surface area contributed by atoms with Crippen LogP contribution in [0.5, 0.6) is 0 Å². The van der Waals surface area contributed by atoms with Crippen LogP contribution in [0.15, 0.2) is 101 Å². The number of fused-ring (bicyclic) bond motifs is 4. The predicted molar refractivity (Wildman–Crippen MR) is 166 cm³/mol. The summed E-state index contributed by atoms with van der Waals surface area (Å²) in [5.41, 5.74) is 7.99. The highest BCUT2D eigenvalue weighted by molar-refractivity contribution is 6.03. The molecule has 0 unspecified atom stereocenters. The lowest BCUT2D eigenvalue weighted by atomic mass is 9.92. The van der Waals surface area contributed by atoms with Gasteiger partial charge in [-0.15, -0.1) is 0 Å². The molecule has 4 heterocycles. The molecule has 0 atom stereocenters. The van der Waals surface area contributed by atoms with Gasteiger partial charge in [0.2, 0.25) is 0 Å². The molecule has 3 aromatic carbocycles. The molecule has 0 saturated heterocycles. The first kappa shape index (κ1) is 25.0. The summed E-state index contributed by atoms with van der Waals surface area (Å²) in [6.45, 7) is 8.91. The Balaban J connectivity index is 1.55. The number of H-pyrrole nitrogens is 1. The van der Waals surface area contributed by atoms with Crippen LogP contribution in [-0.2, 0) is 0 Å². The van der Waals surface area contributed by atoms with Crippen LogP contribution < -0.4 is 5.43 Å². The van der Waals surface area contributed by atoms with E-state index in [1.54, 1.807) is 12.1 Å². The molecule has 0 aliphatic heterocycles. The Bertz CT molecular complexity index is 2110. The number of para-hydroxylation sites is 1. The van der Waals surface area contributed by atoms with Crippen LogP contribution in [0.4, 0.5) is 0 Å². The number of hydrogen-bond acceptors (Lipinski definition) is 4. The smallest absolute Gasteiger partial charge is 0.191 e. The second-order valence-electron chi connectivity index (χ2n) is 11.2. The number of imidazole rings is 1. The van der Waals surface area contributed by atoms with E-state index in [-0.39, 0.29) is 5.43 Å². The average molecular weight is 539 g/mol. The molecule has 0 aliphatic carbocycles. The number of aromatic amines is 1. The Hall–Kier alpha value is -4.97. The molecule has 1 N–H and O–H groups in total. The van der Waals surface area contributed by atoms with Gasteiger partial charge in [0.25, 0.3) is 0 Å². The molecule has 6 nitrogen and oxygen atoms in total. The van der Waals surface area contributed by atoms with Crippen molar-refractivity contribution in [3.8, 4) is 28.5 Å². The SMILES string of the molecule is CC(C)c1cccc(C(C)C)c1-n1cc(-c2ccc3oc4cccc(=O)c4c3[nH]2)nc1-c1cncc2ccccc12. The van der Waals surface area contributed by atoms with Gasteiger partial charge in [0.05, 0.1) is 22.3 Å². The number of benzene rings is 3. The maximum absolute atomic E-state index is 12.8. The van der Waals surface area contributed by atoms with E-state index in [4.69, 9.17) is 9.40 Å². The number of nitrogens with one attached hydrogen (secondary N) is 1. The molecule has 0 spiro atoms. The number of furan rings is 1. The normalized spacial score (nSPS) is 12.0. The molecule has 6 heteroatoms. The van der Waals surface area contributed by atoms with Crippen molar-refractivity contribution >= 4 is 32.8 Å². The number of rotatable bonds is 5. The number of nitrogens with zero attached hydrogens (tertiary/aromatic N) is 3. The van der Waals surface area contributed by atoms with Gasteiger partial charge in [-0.25, -0.2) is 4.98 Å². The predicted octanol–water partition coefficient (Wildman–Crippen LogP) is 8.59. The summed E-state index contributed by atoms with van der Waals surface area (Å²) in [6, 6.07) is 23.8. The van der Waals surface area contributed by atoms with E-state index in [0.717, 1.165) is 39.2 Å². The van der Waals surface area contributed by atoms with E-state index in [1.165, 1.54) is 11.1 Å². The summed E-state index contributed by atoms with van der Waals surface area (Å²) in [4.78, 5) is 26.1. The highest BCUT2D eigenvalue weighted by Crippen LogP contribution is 2.38. The molecule has 0 amide bonds. The van der Waals surface area contributed by atoms with Crippen LogP contribution in [0.25, 0.3) is 61.3 Å². The third-order valence-electron chi connectivity index (χ3n) is 7.84. The van der Waals surface area contributed by atoms with Gasteiger partial charge >= 0.3 is 0 Å². The van der Waals surface area contributed by atoms with E-state index < -0.39 is 0 Å². The summed E-state index contributed by atoms with van der Waals surface area (Å²) in [7, 11) is 0. The first-order chi connectivity index (χ1) is 19.9. The van der Waals surface area contributed by atoms with Crippen LogP contribution in [0.3, 0.4) is 0 Å². The van der Waals surface area contributed by atoms with Crippen molar-refractivity contribution in [1.29, 1.82) is 0 Å². The van der Waals surface area contributed by atoms with Crippen molar-refractivity contribution in [3.05, 3.63) is 113 Å². The van der Waals surface area contributed by atoms with Gasteiger partial charge < -0.3 is 9.40 Å². The zero-order valence-electron chi connectivity index (χ0n) is 23.5. The van der Waals surface area contributed by atoms with E-state index in [1.807, 2.05) is 42.7 Å². The number of pyridine rings is 2. The lowest BCUT2D eigenvalue weighted by Crippen LogP contribution is -2.08. The van der Waals surface area contributed by atoms with Crippen molar-refractivity contribution in [3.63, 3.8) is 0 Å². The van der Waals surface area contributed by atoms with Gasteiger partial charge in [-0.2, -0.15) is 0 Å². The maximum Gasteiger partial charge on any atom is 0.191 e. The second-order valence-corrected chi connectivity index (χ2v) is 11.2. The van der Waals surface area contributed by atoms with E-state index in [9.17, 15) is 4.79 Å². The first-order valence-corrected chi connectivity index (χ1v) is 14.0. The quantitative estimate of drug-likeness (QED) is 0.238. The molecular weight excluding hydrogens is 508 g/mol. The minimum atomic E-state index is -0.0739. The van der Waals surface area contributed by atoms with Crippen LogP contribution in [0.1, 0.15) is 50.7 Å². The van der Waals surface area contributed by atoms with E-state index >= 15 is 0 Å². The Morgan fingerprint density at radius 2 is 1.56 bits per heavy atom. The number of hydrogen-bond donors (Lipinski definition) is 1. The van der Waals surface area contributed by atoms with Crippen molar-refractivity contribution in [2.45, 2.75) is 39.5 Å². The van der Waals surface area contributed by atoms with Gasteiger partial charge in [0.15, 0.2) is 11.0 Å². The summed E-state index contributed by atoms with van der Waals surface area (Å²) < 4.78 is 8.19. The van der Waals surface area contributed by atoms with Crippen molar-refractivity contribution in [2.75, 3.05) is 0 Å². The lowest BCUT2D eigenvalue weighted by molar-refractivity contribution is 0.668. The topological polar surface area (TPSA) is 76.7 Å². The zero-order chi connectivity index (χ0) is 28.2. The number of aromatic nitrogens is 4. The minimum absolute atomic E-state index is 0.0739. The monoisotopic (exact) mass is 538 g/mol. The highest BCUT2D eigenvalue weighted by atomic mass is 16.3. The highest BCUT2D eigenvalue weighted by Gasteiger charge is 2.22. The molecular formula is C35H30N4O2. The molecule has 7 rings (SSSR count). The van der Waals surface area contributed by atoms with E-state index in [0.29, 0.717) is 33.9 Å². The molecule has 0 radical (unpaired) electrons. The van der Waals surface area contributed by atoms with Crippen molar-refractivity contribution in [2.24, 2.45) is 0 Å². The Morgan fingerprint density at radius 3 is 2.34 bits per heavy atom. The summed E-state index contributed by atoms with van der Waals surface area (Å²) in [6.07, 6.45) is 5.89. The Morgan fingerprint density at radius 1 is 0.805 bits per heavy atom. The van der Waals surface area contributed by atoms with Gasteiger partial charge in [-0.1, -0.05) is 76.2 Å². The van der Waals surface area contributed by atoms with Gasteiger partial charge in [-0.05, 0) is 52.6 Å². The molecule has 0 bridgehead atoms. The third kappa shape index (κ3) is 4.06. The molecule has 41 heavy (non-hydrogen) atoms. The summed E-state index contributed by atoms with van der Waals surface area (Å²) in [5.74, 6) is 1.43. The second kappa shape index (κ2) is 9.59. The van der Waals surface area contributed by atoms with Crippen LogP contribution in [0.2, 0.25) is 0 Å². The molecule has 7 aromatic rings. The standard InChI is InChI=1S/C35H30N4O2/c1-20(2)23-11-7-12-24(21(3)4)34(23)39-19-28(38-35(39)26-18-36-17-22-9-5-6-10-25(22)26)27-15-16-31-33(37-27)32-29(40)13-8-14-30(32)41-31/h5-21,37H,1-4H3. The first-order valence-electron chi connectivity index (χ1n) is 14.0. The third-order valence-corrected chi connectivity index (χ3v) is 7.84. The fourth-order valence-corrected chi connectivity index (χ4v) is 5.82. The Kier molecular flexibility index (Phi) is 5.86. The average Bonchev–Trinajstić information content (AvgIpc) is 3.58. The van der Waals surface area contributed by atoms with Gasteiger partial charge in [-0.3, -0.25) is 14.3 Å². The lowest BCUT2D eigenvalue weighted by Gasteiger charge is -2.22. The van der Waals surface area contributed by atoms with Crippen molar-refractivity contribution < 1.29 is 4.42 Å². The van der Waals surface area contributed by atoms with Crippen LogP contribution >= 0.6 is 0 Å². The largest absolute Gasteiger partial charge is 0.454 e. The van der Waals surface area contributed by atoms with Crippen LogP contribution in [-0.4, -0.2) is 19.5 Å². The van der Waals surface area contributed by atoms with Gasteiger partial charge in [0.1, 0.15) is 17.1 Å². The fraction of sp³-hybridized carbons (Fsp3) is 0.171. The van der Waals surface area contributed by atoms with E-state index in [2.05, 4.69) is 78.8 Å². The molecule has 0 fully saturated rings.